The molecular formula is C17H17F3N4O2. The number of benzene rings is 1. The topological polar surface area (TPSA) is 60.3 Å². The Bertz CT molecular complexity index is 820. The minimum atomic E-state index is -4.42. The van der Waals surface area contributed by atoms with E-state index in [1.807, 2.05) is 0 Å². The molecule has 0 aliphatic carbocycles. The summed E-state index contributed by atoms with van der Waals surface area (Å²) >= 11 is 0. The number of carbonyl (C=O) groups excluding carboxylic acids is 1. The quantitative estimate of drug-likeness (QED) is 0.818. The fraction of sp³-hybridized carbons (Fsp3) is 0.471. The number of halogens is 3. The number of nitrogens with zero attached hydrogens (tertiary/aromatic N) is 4. The number of fused-ring (bicyclic) bond motifs is 3. The van der Waals surface area contributed by atoms with Crippen molar-refractivity contribution < 1.29 is 22.7 Å². The number of likely N-dealkylation sites (tertiary alicyclic amines) is 1. The van der Waals surface area contributed by atoms with Crippen LogP contribution in [0.2, 0.25) is 0 Å². The molecule has 1 aromatic carbocycles. The van der Waals surface area contributed by atoms with Gasteiger partial charge in [-0.1, -0.05) is 23.4 Å². The molecule has 26 heavy (non-hydrogen) atoms. The van der Waals surface area contributed by atoms with Gasteiger partial charge in [0.1, 0.15) is 0 Å². The van der Waals surface area contributed by atoms with Gasteiger partial charge in [-0.3, -0.25) is 4.79 Å². The van der Waals surface area contributed by atoms with Crippen molar-refractivity contribution in [3.05, 3.63) is 47.3 Å². The normalized spacial score (nSPS) is 22.7. The number of hydrogen-bond donors (Lipinski definition) is 0. The fourth-order valence-corrected chi connectivity index (χ4v) is 3.55. The van der Waals surface area contributed by atoms with Gasteiger partial charge >= 0.3 is 6.18 Å². The number of hydrogen-bond acceptors (Lipinski definition) is 4. The van der Waals surface area contributed by atoms with Crippen molar-refractivity contribution in [3.63, 3.8) is 0 Å². The highest BCUT2D eigenvalue weighted by molar-refractivity contribution is 5.79. The van der Waals surface area contributed by atoms with Crippen LogP contribution < -0.4 is 0 Å². The zero-order valence-electron chi connectivity index (χ0n) is 13.8. The molecule has 1 fully saturated rings. The lowest BCUT2D eigenvalue weighted by molar-refractivity contribution is -0.139. The van der Waals surface area contributed by atoms with Gasteiger partial charge in [-0.25, -0.2) is 4.68 Å². The Hall–Kier alpha value is -2.42. The van der Waals surface area contributed by atoms with Crippen LogP contribution in [-0.4, -0.2) is 45.0 Å². The van der Waals surface area contributed by atoms with E-state index in [0.717, 1.165) is 17.8 Å². The maximum absolute atomic E-state index is 12.8. The predicted octanol–water partition coefficient (Wildman–Crippen LogP) is 2.21. The van der Waals surface area contributed by atoms with Crippen molar-refractivity contribution in [1.29, 1.82) is 0 Å². The van der Waals surface area contributed by atoms with Crippen molar-refractivity contribution >= 4 is 5.91 Å². The summed E-state index contributed by atoms with van der Waals surface area (Å²) in [7, 11) is 0. The molecule has 3 heterocycles. The van der Waals surface area contributed by atoms with Gasteiger partial charge in [-0.2, -0.15) is 13.2 Å². The second-order valence-corrected chi connectivity index (χ2v) is 6.59. The average molecular weight is 366 g/mol. The number of aromatic nitrogens is 3. The van der Waals surface area contributed by atoms with E-state index in [1.54, 1.807) is 21.8 Å². The first kappa shape index (κ1) is 17.0. The second-order valence-electron chi connectivity index (χ2n) is 6.59. The molecule has 0 spiro atoms. The van der Waals surface area contributed by atoms with Gasteiger partial charge in [0.25, 0.3) is 0 Å². The molecule has 1 amide bonds. The van der Waals surface area contributed by atoms with Crippen LogP contribution in [0.3, 0.4) is 0 Å². The van der Waals surface area contributed by atoms with Gasteiger partial charge in [-0.15, -0.1) is 5.10 Å². The highest BCUT2D eigenvalue weighted by Crippen LogP contribution is 2.31. The van der Waals surface area contributed by atoms with Crippen molar-refractivity contribution in [2.45, 2.75) is 37.8 Å². The molecule has 1 aromatic heterocycles. The van der Waals surface area contributed by atoms with Gasteiger partial charge in [0.05, 0.1) is 42.6 Å². The molecule has 0 radical (unpaired) electrons. The van der Waals surface area contributed by atoms with E-state index in [4.69, 9.17) is 4.74 Å². The minimum absolute atomic E-state index is 0.0261. The smallest absolute Gasteiger partial charge is 0.370 e. The summed E-state index contributed by atoms with van der Waals surface area (Å²) in [6, 6.07) is 4.79. The van der Waals surface area contributed by atoms with E-state index in [-0.39, 0.29) is 24.5 Å². The molecule has 0 saturated carbocycles. The summed E-state index contributed by atoms with van der Waals surface area (Å²) in [5.41, 5.74) is 0.473. The van der Waals surface area contributed by atoms with Gasteiger partial charge in [0.2, 0.25) is 5.91 Å². The van der Waals surface area contributed by atoms with Crippen LogP contribution in [0.5, 0.6) is 0 Å². The van der Waals surface area contributed by atoms with Crippen molar-refractivity contribution in [3.8, 4) is 0 Å². The number of carbonyl (C=O) groups is 1. The van der Waals surface area contributed by atoms with Crippen LogP contribution in [0.1, 0.15) is 29.3 Å². The van der Waals surface area contributed by atoms with Gasteiger partial charge in [-0.05, 0) is 18.1 Å². The number of amides is 1. The van der Waals surface area contributed by atoms with Crippen LogP contribution in [0, 0.1) is 0 Å². The molecule has 9 heteroatoms. The predicted molar refractivity (Wildman–Crippen MR) is 84.0 cm³/mol. The fourth-order valence-electron chi connectivity index (χ4n) is 3.55. The first-order chi connectivity index (χ1) is 12.4. The minimum Gasteiger partial charge on any atom is -0.370 e. The van der Waals surface area contributed by atoms with E-state index in [1.165, 1.54) is 6.07 Å². The maximum Gasteiger partial charge on any atom is 0.416 e. The maximum atomic E-state index is 12.8. The third-order valence-electron chi connectivity index (χ3n) is 4.89. The summed E-state index contributed by atoms with van der Waals surface area (Å²) in [6.45, 7) is 1.38. The first-order valence-corrected chi connectivity index (χ1v) is 8.36. The second kappa shape index (κ2) is 6.39. The third kappa shape index (κ3) is 3.18. The first-order valence-electron chi connectivity index (χ1n) is 8.36. The molecule has 1 saturated heterocycles. The van der Waals surface area contributed by atoms with E-state index in [9.17, 15) is 18.0 Å². The molecule has 2 aromatic rings. The standard InChI is InChI=1S/C17H17F3N4O2/c18-17(19,20)12-3-1-2-11(6-12)7-16(25)23-5-4-15-14(9-23)24-13(10-26-15)8-21-22-24/h1-3,6,8,14-15H,4-5,7,9-10H2/t14-,15-/m0/s1. The average Bonchev–Trinajstić information content (AvgIpc) is 3.10. The summed E-state index contributed by atoms with van der Waals surface area (Å²) < 4.78 is 46.1. The zero-order valence-corrected chi connectivity index (χ0v) is 13.8. The van der Waals surface area contributed by atoms with E-state index >= 15 is 0 Å². The number of ether oxygens (including phenoxy) is 1. The van der Waals surface area contributed by atoms with Crippen LogP contribution >= 0.6 is 0 Å². The lowest BCUT2D eigenvalue weighted by Crippen LogP contribution is -2.50. The Labute approximate surface area is 147 Å². The third-order valence-corrected chi connectivity index (χ3v) is 4.89. The Morgan fingerprint density at radius 2 is 2.19 bits per heavy atom. The summed E-state index contributed by atoms with van der Waals surface area (Å²) in [4.78, 5) is 14.3. The number of piperidine rings is 1. The summed E-state index contributed by atoms with van der Waals surface area (Å²) in [5, 5.41) is 7.97. The summed E-state index contributed by atoms with van der Waals surface area (Å²) in [6.07, 6.45) is -2.20. The van der Waals surface area contributed by atoms with Crippen molar-refractivity contribution in [1.82, 2.24) is 19.9 Å². The molecular weight excluding hydrogens is 349 g/mol. The molecule has 2 aliphatic rings. The molecule has 2 aliphatic heterocycles. The van der Waals surface area contributed by atoms with E-state index in [2.05, 4.69) is 10.3 Å². The van der Waals surface area contributed by atoms with Gasteiger partial charge in [0.15, 0.2) is 0 Å². The SMILES string of the molecule is O=C(Cc1cccc(C(F)(F)F)c1)N1CC[C@@H]2OCc3cnnn3[C@H]2C1. The molecule has 4 rings (SSSR count). The van der Waals surface area contributed by atoms with Gasteiger partial charge < -0.3 is 9.64 Å². The van der Waals surface area contributed by atoms with E-state index in [0.29, 0.717) is 31.7 Å². The largest absolute Gasteiger partial charge is 0.416 e. The highest BCUT2D eigenvalue weighted by Gasteiger charge is 2.38. The van der Waals surface area contributed by atoms with Crippen molar-refractivity contribution in [2.75, 3.05) is 13.1 Å². The van der Waals surface area contributed by atoms with Crippen LogP contribution in [0.15, 0.2) is 30.5 Å². The Kier molecular flexibility index (Phi) is 4.18. The van der Waals surface area contributed by atoms with Crippen LogP contribution in [0.4, 0.5) is 13.2 Å². The molecule has 2 atom stereocenters. The van der Waals surface area contributed by atoms with Crippen molar-refractivity contribution in [2.24, 2.45) is 0 Å². The number of rotatable bonds is 2. The van der Waals surface area contributed by atoms with Gasteiger partial charge in [0, 0.05) is 13.1 Å². The Morgan fingerprint density at radius 1 is 1.35 bits per heavy atom. The van der Waals surface area contributed by atoms with Crippen LogP contribution in [0.25, 0.3) is 0 Å². The Morgan fingerprint density at radius 3 is 3.00 bits per heavy atom. The highest BCUT2D eigenvalue weighted by atomic mass is 19.4. The van der Waals surface area contributed by atoms with E-state index < -0.39 is 11.7 Å². The molecule has 0 bridgehead atoms. The number of alkyl halides is 3. The van der Waals surface area contributed by atoms with Crippen LogP contribution in [-0.2, 0) is 28.7 Å². The molecule has 0 unspecified atom stereocenters. The lowest BCUT2D eigenvalue weighted by atomic mass is 9.99. The lowest BCUT2D eigenvalue weighted by Gasteiger charge is -2.41. The Balaban J connectivity index is 1.47. The summed E-state index contributed by atoms with van der Waals surface area (Å²) in [5.74, 6) is -0.199. The molecule has 0 N–H and O–H groups in total. The molecule has 138 valence electrons. The monoisotopic (exact) mass is 366 g/mol. The molecule has 6 nitrogen and oxygen atoms in total. The zero-order chi connectivity index (χ0) is 18.3.